The lowest BCUT2D eigenvalue weighted by atomic mass is 10.1. The van der Waals surface area contributed by atoms with Gasteiger partial charge in [-0.3, -0.25) is 9.59 Å². The summed E-state index contributed by atoms with van der Waals surface area (Å²) in [4.78, 5) is 37.1. The zero-order valence-electron chi connectivity index (χ0n) is 16.1. The van der Waals surface area contributed by atoms with Crippen molar-refractivity contribution in [3.8, 4) is 0 Å². The first kappa shape index (κ1) is 23.5. The first-order chi connectivity index (χ1) is 15.1. The number of esters is 1. The van der Waals surface area contributed by atoms with Crippen molar-refractivity contribution in [2.45, 2.75) is 22.7 Å². The van der Waals surface area contributed by atoms with Crippen molar-refractivity contribution in [2.24, 2.45) is 5.92 Å². The number of hydrogen-bond acceptors (Lipinski definition) is 4. The van der Waals surface area contributed by atoms with Gasteiger partial charge < -0.3 is 15.4 Å². The number of amides is 2. The molecule has 168 valence electrons. The van der Waals surface area contributed by atoms with Crippen LogP contribution >= 0.6 is 58.0 Å². The smallest absolute Gasteiger partial charge is 0.328 e. The first-order valence-electron chi connectivity index (χ1n) is 9.49. The van der Waals surface area contributed by atoms with Crippen molar-refractivity contribution in [1.82, 2.24) is 5.32 Å². The topological polar surface area (TPSA) is 84.5 Å². The van der Waals surface area contributed by atoms with E-state index in [0.717, 1.165) is 0 Å². The van der Waals surface area contributed by atoms with Crippen molar-refractivity contribution in [3.63, 3.8) is 0 Å². The van der Waals surface area contributed by atoms with Gasteiger partial charge in [-0.1, -0.05) is 34.8 Å². The molecule has 2 N–H and O–H groups in total. The lowest BCUT2D eigenvalue weighted by Gasteiger charge is -2.12. The Balaban J connectivity index is 1.49. The number of carbonyl (C=O) groups excluding carboxylic acids is 3. The van der Waals surface area contributed by atoms with E-state index in [1.807, 2.05) is 0 Å². The number of rotatable bonds is 5. The van der Waals surface area contributed by atoms with Crippen LogP contribution in [0.15, 0.2) is 36.4 Å². The Labute approximate surface area is 208 Å². The number of benzene rings is 2. The number of nitrogens with one attached hydrogen (secondary N) is 2. The molecule has 4 rings (SSSR count). The van der Waals surface area contributed by atoms with Gasteiger partial charge in [-0.05, 0) is 42.0 Å². The van der Waals surface area contributed by atoms with Gasteiger partial charge in [-0.15, -0.1) is 23.2 Å². The predicted octanol–water partition coefficient (Wildman–Crippen LogP) is 5.22. The minimum Gasteiger partial charge on any atom is -0.464 e. The maximum atomic E-state index is 12.9. The second kappa shape index (κ2) is 8.92. The molecule has 0 aromatic heterocycles. The Kier molecular flexibility index (Phi) is 6.54. The highest BCUT2D eigenvalue weighted by molar-refractivity contribution is 6.53. The van der Waals surface area contributed by atoms with E-state index in [1.165, 1.54) is 12.1 Å². The second-order valence-electron chi connectivity index (χ2n) is 7.50. The molecule has 2 fully saturated rings. The zero-order chi connectivity index (χ0) is 23.2. The van der Waals surface area contributed by atoms with E-state index in [0.29, 0.717) is 27.7 Å². The molecular weight excluding hydrogens is 522 g/mol. The van der Waals surface area contributed by atoms with Gasteiger partial charge in [-0.25, -0.2) is 4.79 Å². The second-order valence-corrected chi connectivity index (χ2v) is 10.2. The summed E-state index contributed by atoms with van der Waals surface area (Å²) in [5.41, 5.74) is 1.06. The molecule has 3 atom stereocenters. The maximum absolute atomic E-state index is 12.9. The molecule has 1 aliphatic heterocycles. The van der Waals surface area contributed by atoms with Crippen LogP contribution in [0.2, 0.25) is 15.1 Å². The monoisotopic (exact) mass is 534 g/mol. The average Bonchev–Trinajstić information content (AvgIpc) is 3.07. The molecule has 2 aliphatic rings. The number of anilines is 1. The molecule has 1 saturated heterocycles. The average molecular weight is 537 g/mol. The Hall–Kier alpha value is -1.70. The Morgan fingerprint density at radius 1 is 1.03 bits per heavy atom. The Bertz CT molecular complexity index is 1100. The van der Waals surface area contributed by atoms with Crippen molar-refractivity contribution in [1.29, 1.82) is 0 Å². The van der Waals surface area contributed by atoms with Crippen molar-refractivity contribution in [3.05, 3.63) is 62.6 Å². The van der Waals surface area contributed by atoms with Crippen LogP contribution in [0.4, 0.5) is 5.69 Å². The van der Waals surface area contributed by atoms with E-state index in [-0.39, 0.29) is 17.2 Å². The van der Waals surface area contributed by atoms with E-state index in [2.05, 4.69) is 10.6 Å². The predicted molar refractivity (Wildman–Crippen MR) is 124 cm³/mol. The molecule has 2 amide bonds. The molecule has 11 heteroatoms. The third kappa shape index (κ3) is 4.66. The van der Waals surface area contributed by atoms with Gasteiger partial charge in [0.05, 0.1) is 23.1 Å². The Morgan fingerprint density at radius 2 is 1.72 bits per heavy atom. The number of carbonyl (C=O) groups is 3. The van der Waals surface area contributed by atoms with Crippen LogP contribution in [-0.4, -0.2) is 34.8 Å². The lowest BCUT2D eigenvalue weighted by Crippen LogP contribution is -2.38. The summed E-state index contributed by atoms with van der Waals surface area (Å²) in [5.74, 6) is -2.77. The van der Waals surface area contributed by atoms with Gasteiger partial charge in [0.2, 0.25) is 5.91 Å². The fraction of sp³-hybridized carbons (Fsp3) is 0.286. The van der Waals surface area contributed by atoms with Gasteiger partial charge in [0, 0.05) is 28.1 Å². The van der Waals surface area contributed by atoms with Gasteiger partial charge in [0.1, 0.15) is 10.4 Å². The molecule has 1 heterocycles. The third-order valence-corrected chi connectivity index (χ3v) is 7.01. The fourth-order valence-corrected chi connectivity index (χ4v) is 5.26. The molecule has 1 aliphatic carbocycles. The van der Waals surface area contributed by atoms with Crippen molar-refractivity contribution >= 4 is 81.5 Å². The van der Waals surface area contributed by atoms with E-state index in [1.54, 1.807) is 24.3 Å². The van der Waals surface area contributed by atoms with Crippen LogP contribution in [0.3, 0.4) is 0 Å². The highest BCUT2D eigenvalue weighted by atomic mass is 35.5. The van der Waals surface area contributed by atoms with Gasteiger partial charge in [0.25, 0.3) is 5.91 Å². The zero-order valence-corrected chi connectivity index (χ0v) is 19.9. The van der Waals surface area contributed by atoms with E-state index < -0.39 is 40.0 Å². The Morgan fingerprint density at radius 3 is 2.34 bits per heavy atom. The summed E-state index contributed by atoms with van der Waals surface area (Å²) in [5, 5.41) is 6.26. The standard InChI is InChI=1S/C21H15Cl5N2O4/c22-10-5-9(6-11(23)7-10)16-17(21(16,25)26)19(30)27-12-1-2-14(24)13(8-12)18(29)28-15-3-4-32-20(15)31/h1-2,5-8,15-17H,3-4H2,(H,27,30)(H,28,29)/t15?,16-,17+/m1/s1. The molecule has 6 nitrogen and oxygen atoms in total. The van der Waals surface area contributed by atoms with E-state index >= 15 is 0 Å². The molecule has 2 aromatic rings. The molecule has 0 bridgehead atoms. The molecule has 1 saturated carbocycles. The number of ether oxygens (including phenoxy) is 1. The number of cyclic esters (lactones) is 1. The number of hydrogen-bond donors (Lipinski definition) is 2. The van der Waals surface area contributed by atoms with Gasteiger partial charge in [0.15, 0.2) is 0 Å². The number of alkyl halides is 2. The van der Waals surface area contributed by atoms with Crippen LogP contribution in [0, 0.1) is 5.92 Å². The molecule has 0 radical (unpaired) electrons. The maximum Gasteiger partial charge on any atom is 0.328 e. The minimum absolute atomic E-state index is 0.0983. The molecule has 2 aromatic carbocycles. The summed E-state index contributed by atoms with van der Waals surface area (Å²) in [7, 11) is 0. The molecule has 0 spiro atoms. The largest absolute Gasteiger partial charge is 0.464 e. The summed E-state index contributed by atoms with van der Waals surface area (Å²) in [6.45, 7) is 0.243. The van der Waals surface area contributed by atoms with Crippen LogP contribution in [-0.2, 0) is 14.3 Å². The van der Waals surface area contributed by atoms with Crippen LogP contribution < -0.4 is 10.6 Å². The highest BCUT2D eigenvalue weighted by Crippen LogP contribution is 2.65. The summed E-state index contributed by atoms with van der Waals surface area (Å²) in [6, 6.07) is 8.57. The lowest BCUT2D eigenvalue weighted by molar-refractivity contribution is -0.139. The molecule has 1 unspecified atom stereocenters. The van der Waals surface area contributed by atoms with Gasteiger partial charge >= 0.3 is 5.97 Å². The van der Waals surface area contributed by atoms with Crippen LogP contribution in [0.5, 0.6) is 0 Å². The summed E-state index contributed by atoms with van der Waals surface area (Å²) in [6.07, 6.45) is 0.378. The van der Waals surface area contributed by atoms with E-state index in [9.17, 15) is 14.4 Å². The van der Waals surface area contributed by atoms with Crippen molar-refractivity contribution < 1.29 is 19.1 Å². The van der Waals surface area contributed by atoms with Crippen LogP contribution in [0.25, 0.3) is 0 Å². The first-order valence-corrected chi connectivity index (χ1v) is 11.4. The summed E-state index contributed by atoms with van der Waals surface area (Å²) < 4.78 is 3.50. The molecular formula is C21H15Cl5N2O4. The SMILES string of the molecule is O=C(NC1CCOC1=O)c1cc(NC(=O)[C@@H]2[C@@H](c3cc(Cl)cc(Cl)c3)C2(Cl)Cl)ccc1Cl. The van der Waals surface area contributed by atoms with Gasteiger partial charge in [-0.2, -0.15) is 0 Å². The summed E-state index contributed by atoms with van der Waals surface area (Å²) >= 11 is 31.0. The van der Waals surface area contributed by atoms with Crippen molar-refractivity contribution in [2.75, 3.05) is 11.9 Å². The quantitative estimate of drug-likeness (QED) is 0.406. The normalized spacial score (nSPS) is 23.4. The number of halogens is 5. The van der Waals surface area contributed by atoms with Crippen LogP contribution in [0.1, 0.15) is 28.3 Å². The minimum atomic E-state index is -1.34. The van der Waals surface area contributed by atoms with E-state index in [4.69, 9.17) is 62.7 Å². The highest BCUT2D eigenvalue weighted by Gasteiger charge is 2.67. The molecule has 32 heavy (non-hydrogen) atoms. The third-order valence-electron chi connectivity index (χ3n) is 5.30. The fourth-order valence-electron chi connectivity index (χ4n) is 3.68.